The van der Waals surface area contributed by atoms with Gasteiger partial charge in [0.05, 0.1) is 0 Å². The highest BCUT2D eigenvalue weighted by molar-refractivity contribution is 6.06. The molecule has 0 aliphatic carbocycles. The molecule has 0 aliphatic rings. The maximum atomic E-state index is 13.4. The average Bonchev–Trinajstić information content (AvgIpc) is 2.57. The Morgan fingerprint density at radius 3 is 2.25 bits per heavy atom. The Kier molecular flexibility index (Phi) is 5.63. The lowest BCUT2D eigenvalue weighted by molar-refractivity contribution is -0.119. The van der Waals surface area contributed by atoms with Crippen LogP contribution in [0.15, 0.2) is 42.5 Å². The van der Waals surface area contributed by atoms with Gasteiger partial charge in [-0.1, -0.05) is 12.1 Å². The molecule has 126 valence electrons. The topological polar surface area (TPSA) is 49.4 Å². The summed E-state index contributed by atoms with van der Waals surface area (Å²) in [6.07, 6.45) is 0. The van der Waals surface area contributed by atoms with Crippen LogP contribution in [0.25, 0.3) is 0 Å². The van der Waals surface area contributed by atoms with Crippen LogP contribution in [0.5, 0.6) is 0 Å². The van der Waals surface area contributed by atoms with Gasteiger partial charge in [0.2, 0.25) is 5.91 Å². The first-order valence-corrected chi connectivity index (χ1v) is 7.52. The number of nitrogens with one attached hydrogen (secondary N) is 1. The molecule has 0 radical (unpaired) electrons. The Morgan fingerprint density at radius 2 is 1.71 bits per heavy atom. The standard InChI is InChI=1S/C18H18F2N2O2/c1-3-22(15-8-9-16(19)17(20)10-15)18(24)14-6-4-13(5-7-14)11-21-12(2)23/h4-10H,3,11H2,1-2H3,(H,21,23). The van der Waals surface area contributed by atoms with E-state index in [4.69, 9.17) is 0 Å². The van der Waals surface area contributed by atoms with E-state index in [0.29, 0.717) is 24.3 Å². The second kappa shape index (κ2) is 7.68. The minimum atomic E-state index is -0.996. The Balaban J connectivity index is 2.18. The van der Waals surface area contributed by atoms with E-state index < -0.39 is 11.6 Å². The summed E-state index contributed by atoms with van der Waals surface area (Å²) in [7, 11) is 0. The van der Waals surface area contributed by atoms with Gasteiger partial charge in [-0.05, 0) is 36.8 Å². The summed E-state index contributed by atoms with van der Waals surface area (Å²) in [6, 6.07) is 10.1. The molecule has 1 N–H and O–H groups in total. The zero-order chi connectivity index (χ0) is 17.7. The number of halogens is 2. The molecule has 0 unspecified atom stereocenters. The van der Waals surface area contributed by atoms with Crippen molar-refractivity contribution in [2.45, 2.75) is 20.4 Å². The Labute approximate surface area is 139 Å². The number of nitrogens with zero attached hydrogens (tertiary/aromatic N) is 1. The smallest absolute Gasteiger partial charge is 0.258 e. The van der Waals surface area contributed by atoms with Gasteiger partial charge in [-0.15, -0.1) is 0 Å². The molecule has 6 heteroatoms. The van der Waals surface area contributed by atoms with Crippen LogP contribution in [0.3, 0.4) is 0 Å². The van der Waals surface area contributed by atoms with E-state index in [1.807, 2.05) is 0 Å². The quantitative estimate of drug-likeness (QED) is 0.913. The number of anilines is 1. The van der Waals surface area contributed by atoms with Gasteiger partial charge in [0.1, 0.15) is 0 Å². The third kappa shape index (κ3) is 4.16. The average molecular weight is 332 g/mol. The summed E-state index contributed by atoms with van der Waals surface area (Å²) in [5.41, 5.74) is 1.58. The van der Waals surface area contributed by atoms with Gasteiger partial charge in [0, 0.05) is 37.3 Å². The highest BCUT2D eigenvalue weighted by Crippen LogP contribution is 2.20. The molecule has 0 aromatic heterocycles. The number of benzene rings is 2. The highest BCUT2D eigenvalue weighted by Gasteiger charge is 2.17. The predicted octanol–water partition coefficient (Wildman–Crippen LogP) is 3.27. The minimum Gasteiger partial charge on any atom is -0.352 e. The number of rotatable bonds is 5. The molecular weight excluding hydrogens is 314 g/mol. The van der Waals surface area contributed by atoms with E-state index in [1.54, 1.807) is 31.2 Å². The van der Waals surface area contributed by atoms with Crippen LogP contribution in [-0.2, 0) is 11.3 Å². The van der Waals surface area contributed by atoms with Crippen molar-refractivity contribution in [2.75, 3.05) is 11.4 Å². The second-order valence-electron chi connectivity index (χ2n) is 5.25. The molecule has 0 heterocycles. The Bertz CT molecular complexity index is 745. The zero-order valence-corrected chi connectivity index (χ0v) is 13.5. The lowest BCUT2D eigenvalue weighted by Gasteiger charge is -2.21. The van der Waals surface area contributed by atoms with Crippen molar-refractivity contribution in [3.05, 3.63) is 65.2 Å². The van der Waals surface area contributed by atoms with E-state index in [-0.39, 0.29) is 11.8 Å². The molecule has 0 spiro atoms. The fourth-order valence-corrected chi connectivity index (χ4v) is 2.24. The van der Waals surface area contributed by atoms with E-state index in [2.05, 4.69) is 5.32 Å². The van der Waals surface area contributed by atoms with Crippen molar-refractivity contribution < 1.29 is 18.4 Å². The maximum Gasteiger partial charge on any atom is 0.258 e. The molecule has 2 aromatic rings. The van der Waals surface area contributed by atoms with Crippen molar-refractivity contribution in [3.63, 3.8) is 0 Å². The van der Waals surface area contributed by atoms with Gasteiger partial charge in [-0.25, -0.2) is 8.78 Å². The largest absolute Gasteiger partial charge is 0.352 e. The van der Waals surface area contributed by atoms with E-state index in [0.717, 1.165) is 17.7 Å². The van der Waals surface area contributed by atoms with Crippen LogP contribution < -0.4 is 10.2 Å². The molecule has 0 fully saturated rings. The fraction of sp³-hybridized carbons (Fsp3) is 0.222. The summed E-state index contributed by atoms with van der Waals surface area (Å²) >= 11 is 0. The van der Waals surface area contributed by atoms with E-state index >= 15 is 0 Å². The summed E-state index contributed by atoms with van der Waals surface area (Å²) in [5, 5.41) is 2.67. The first-order valence-electron chi connectivity index (χ1n) is 7.52. The zero-order valence-electron chi connectivity index (χ0n) is 13.5. The molecule has 0 bridgehead atoms. The Hall–Kier alpha value is -2.76. The van der Waals surface area contributed by atoms with E-state index in [9.17, 15) is 18.4 Å². The molecule has 0 saturated heterocycles. The van der Waals surface area contributed by atoms with Crippen molar-refractivity contribution in [3.8, 4) is 0 Å². The molecule has 0 atom stereocenters. The van der Waals surface area contributed by atoms with Gasteiger partial charge in [-0.3, -0.25) is 9.59 Å². The SMILES string of the molecule is CCN(C(=O)c1ccc(CNC(C)=O)cc1)c1ccc(F)c(F)c1. The normalized spacial score (nSPS) is 10.3. The van der Waals surface area contributed by atoms with Gasteiger partial charge in [-0.2, -0.15) is 0 Å². The van der Waals surface area contributed by atoms with Crippen LogP contribution in [0, 0.1) is 11.6 Å². The molecule has 0 saturated carbocycles. The lowest BCUT2D eigenvalue weighted by Crippen LogP contribution is -2.30. The minimum absolute atomic E-state index is 0.134. The first-order chi connectivity index (χ1) is 11.4. The molecule has 2 amide bonds. The first kappa shape index (κ1) is 17.6. The summed E-state index contributed by atoms with van der Waals surface area (Å²) in [6.45, 7) is 3.88. The monoisotopic (exact) mass is 332 g/mol. The number of carbonyl (C=O) groups excluding carboxylic acids is 2. The van der Waals surface area contributed by atoms with Crippen LogP contribution in [0.1, 0.15) is 29.8 Å². The Morgan fingerprint density at radius 1 is 1.04 bits per heavy atom. The lowest BCUT2D eigenvalue weighted by atomic mass is 10.1. The maximum absolute atomic E-state index is 13.4. The van der Waals surface area contributed by atoms with Crippen molar-refractivity contribution in [1.29, 1.82) is 0 Å². The van der Waals surface area contributed by atoms with Gasteiger partial charge in [0.15, 0.2) is 11.6 Å². The molecular formula is C18H18F2N2O2. The molecule has 2 rings (SSSR count). The summed E-state index contributed by atoms with van der Waals surface area (Å²) in [4.78, 5) is 24.9. The van der Waals surface area contributed by atoms with Crippen LogP contribution in [-0.4, -0.2) is 18.4 Å². The molecule has 24 heavy (non-hydrogen) atoms. The van der Waals surface area contributed by atoms with Gasteiger partial charge in [0.25, 0.3) is 5.91 Å². The molecule has 2 aromatic carbocycles. The number of amides is 2. The third-order valence-corrected chi connectivity index (χ3v) is 3.52. The predicted molar refractivity (Wildman–Crippen MR) is 87.7 cm³/mol. The third-order valence-electron chi connectivity index (χ3n) is 3.52. The van der Waals surface area contributed by atoms with Crippen molar-refractivity contribution in [2.24, 2.45) is 0 Å². The molecule has 4 nitrogen and oxygen atoms in total. The number of hydrogen-bond acceptors (Lipinski definition) is 2. The molecule has 0 aliphatic heterocycles. The number of carbonyl (C=O) groups is 2. The fourth-order valence-electron chi connectivity index (χ4n) is 2.24. The van der Waals surface area contributed by atoms with Gasteiger partial charge < -0.3 is 10.2 Å². The highest BCUT2D eigenvalue weighted by atomic mass is 19.2. The van der Waals surface area contributed by atoms with Gasteiger partial charge >= 0.3 is 0 Å². The van der Waals surface area contributed by atoms with E-state index in [1.165, 1.54) is 17.9 Å². The van der Waals surface area contributed by atoms with Crippen molar-refractivity contribution >= 4 is 17.5 Å². The second-order valence-corrected chi connectivity index (χ2v) is 5.25. The van der Waals surface area contributed by atoms with Crippen LogP contribution in [0.2, 0.25) is 0 Å². The van der Waals surface area contributed by atoms with Crippen LogP contribution >= 0.6 is 0 Å². The number of hydrogen-bond donors (Lipinski definition) is 1. The summed E-state index contributed by atoms with van der Waals surface area (Å²) in [5.74, 6) is -2.39. The summed E-state index contributed by atoms with van der Waals surface area (Å²) < 4.78 is 26.5. The van der Waals surface area contributed by atoms with Crippen LogP contribution in [0.4, 0.5) is 14.5 Å². The van der Waals surface area contributed by atoms with Crippen molar-refractivity contribution in [1.82, 2.24) is 5.32 Å².